The Morgan fingerprint density at radius 3 is 2.84 bits per heavy atom. The molecule has 4 heterocycles. The van der Waals surface area contributed by atoms with Crippen molar-refractivity contribution in [3.8, 4) is 0 Å². The van der Waals surface area contributed by atoms with Gasteiger partial charge in [-0.3, -0.25) is 14.7 Å². The molecule has 1 aliphatic rings. The first-order chi connectivity index (χ1) is 15.1. The van der Waals surface area contributed by atoms with Crippen molar-refractivity contribution in [3.05, 3.63) is 58.8 Å². The van der Waals surface area contributed by atoms with Gasteiger partial charge in [-0.05, 0) is 69.3 Å². The monoisotopic (exact) mass is 420 g/mol. The summed E-state index contributed by atoms with van der Waals surface area (Å²) in [5.74, 6) is 0.0969. The number of pyridine rings is 1. The summed E-state index contributed by atoms with van der Waals surface area (Å²) in [6, 6.07) is 6.60. The van der Waals surface area contributed by atoms with Crippen LogP contribution in [0.3, 0.4) is 0 Å². The molecular formula is C24H32N6O. The highest BCUT2D eigenvalue weighted by Gasteiger charge is 2.28. The molecule has 1 saturated heterocycles. The van der Waals surface area contributed by atoms with Gasteiger partial charge in [0.1, 0.15) is 0 Å². The van der Waals surface area contributed by atoms with Gasteiger partial charge in [0.05, 0.1) is 11.7 Å². The minimum Gasteiger partial charge on any atom is -0.356 e. The van der Waals surface area contributed by atoms with Gasteiger partial charge in [0.25, 0.3) is 0 Å². The molecule has 1 unspecified atom stereocenters. The molecule has 3 aromatic heterocycles. The predicted molar refractivity (Wildman–Crippen MR) is 121 cm³/mol. The lowest BCUT2D eigenvalue weighted by Crippen LogP contribution is -2.24. The van der Waals surface area contributed by atoms with Crippen LogP contribution in [0.4, 0.5) is 0 Å². The highest BCUT2D eigenvalue weighted by Crippen LogP contribution is 2.33. The predicted octanol–water partition coefficient (Wildman–Crippen LogP) is 3.54. The van der Waals surface area contributed by atoms with Crippen LogP contribution in [-0.2, 0) is 17.8 Å². The Morgan fingerprint density at radius 1 is 1.26 bits per heavy atom. The largest absolute Gasteiger partial charge is 0.356 e. The van der Waals surface area contributed by atoms with E-state index in [1.807, 2.05) is 23.8 Å². The Kier molecular flexibility index (Phi) is 6.61. The van der Waals surface area contributed by atoms with Gasteiger partial charge in [0.15, 0.2) is 5.65 Å². The van der Waals surface area contributed by atoms with Gasteiger partial charge < -0.3 is 5.32 Å². The number of aromatic nitrogens is 4. The number of carbonyl (C=O) groups is 1. The van der Waals surface area contributed by atoms with E-state index in [0.717, 1.165) is 60.8 Å². The maximum Gasteiger partial charge on any atom is 0.220 e. The summed E-state index contributed by atoms with van der Waals surface area (Å²) in [5.41, 5.74) is 6.43. The van der Waals surface area contributed by atoms with Gasteiger partial charge in [-0.2, -0.15) is 5.10 Å². The molecule has 1 aliphatic heterocycles. The van der Waals surface area contributed by atoms with Crippen LogP contribution in [0.15, 0.2) is 30.6 Å². The number of aryl methyl sites for hydroxylation is 2. The number of hydrogen-bond donors (Lipinski definition) is 1. The number of carbonyl (C=O) groups excluding carboxylic acids is 1. The topological polar surface area (TPSA) is 75.4 Å². The van der Waals surface area contributed by atoms with Crippen LogP contribution in [0.5, 0.6) is 0 Å². The molecule has 0 saturated carbocycles. The van der Waals surface area contributed by atoms with Crippen LogP contribution in [-0.4, -0.2) is 43.5 Å². The van der Waals surface area contributed by atoms with Gasteiger partial charge in [0, 0.05) is 49.4 Å². The second kappa shape index (κ2) is 9.56. The Bertz CT molecular complexity index is 1050. The van der Waals surface area contributed by atoms with E-state index < -0.39 is 0 Å². The van der Waals surface area contributed by atoms with Gasteiger partial charge in [-0.25, -0.2) is 9.50 Å². The summed E-state index contributed by atoms with van der Waals surface area (Å²) < 4.78 is 1.96. The fraction of sp³-hybridized carbons (Fsp3) is 0.500. The molecule has 1 atom stereocenters. The normalized spacial score (nSPS) is 16.8. The molecule has 1 fully saturated rings. The number of likely N-dealkylation sites (tertiary alicyclic amines) is 1. The lowest BCUT2D eigenvalue weighted by molar-refractivity contribution is -0.121. The van der Waals surface area contributed by atoms with E-state index in [1.165, 1.54) is 12.0 Å². The Hall–Kier alpha value is -2.80. The maximum absolute atomic E-state index is 12.1. The molecule has 0 spiro atoms. The quantitative estimate of drug-likeness (QED) is 0.603. The molecule has 3 aromatic rings. The van der Waals surface area contributed by atoms with Crippen LogP contribution in [0.25, 0.3) is 5.65 Å². The Labute approximate surface area is 183 Å². The molecule has 1 amide bonds. The van der Waals surface area contributed by atoms with Crippen LogP contribution in [0.2, 0.25) is 0 Å². The van der Waals surface area contributed by atoms with E-state index in [2.05, 4.69) is 47.2 Å². The lowest BCUT2D eigenvalue weighted by Gasteiger charge is -2.22. The smallest absolute Gasteiger partial charge is 0.220 e. The number of rotatable bonds is 8. The fourth-order valence-corrected chi connectivity index (χ4v) is 4.53. The highest BCUT2D eigenvalue weighted by molar-refractivity contribution is 5.76. The molecule has 7 heteroatoms. The zero-order valence-corrected chi connectivity index (χ0v) is 18.8. The van der Waals surface area contributed by atoms with Crippen molar-refractivity contribution in [2.24, 2.45) is 0 Å². The third kappa shape index (κ3) is 4.77. The van der Waals surface area contributed by atoms with Gasteiger partial charge in [-0.1, -0.05) is 6.92 Å². The number of amides is 1. The lowest BCUT2D eigenvalue weighted by atomic mass is 10.1. The Balaban J connectivity index is 1.55. The summed E-state index contributed by atoms with van der Waals surface area (Å²) in [5, 5.41) is 7.92. The van der Waals surface area contributed by atoms with E-state index >= 15 is 0 Å². The number of nitrogens with one attached hydrogen (secondary N) is 1. The van der Waals surface area contributed by atoms with E-state index in [-0.39, 0.29) is 5.91 Å². The van der Waals surface area contributed by atoms with Crippen molar-refractivity contribution >= 4 is 11.6 Å². The summed E-state index contributed by atoms with van der Waals surface area (Å²) in [7, 11) is 0. The third-order valence-corrected chi connectivity index (χ3v) is 6.20. The SMILES string of the molecule is CCCNC(=O)CCc1c(C)nc2cc(C3CCCN3Cc3ccncc3)nn2c1C. The van der Waals surface area contributed by atoms with Gasteiger partial charge in [0.2, 0.25) is 5.91 Å². The summed E-state index contributed by atoms with van der Waals surface area (Å²) in [6.07, 6.45) is 8.10. The summed E-state index contributed by atoms with van der Waals surface area (Å²) in [6.45, 7) is 8.89. The fourth-order valence-electron chi connectivity index (χ4n) is 4.53. The van der Waals surface area contributed by atoms with Crippen LogP contribution in [0.1, 0.15) is 66.9 Å². The molecule has 0 aliphatic carbocycles. The zero-order chi connectivity index (χ0) is 21.8. The second-order valence-corrected chi connectivity index (χ2v) is 8.43. The average Bonchev–Trinajstić information content (AvgIpc) is 3.39. The average molecular weight is 421 g/mol. The van der Waals surface area contributed by atoms with Crippen molar-refractivity contribution in [2.45, 2.75) is 65.5 Å². The van der Waals surface area contributed by atoms with Crippen molar-refractivity contribution in [2.75, 3.05) is 13.1 Å². The van der Waals surface area contributed by atoms with E-state index in [1.54, 1.807) is 0 Å². The molecule has 0 radical (unpaired) electrons. The minimum absolute atomic E-state index is 0.0969. The standard InChI is InChI=1S/C24H32N6O/c1-4-11-26-24(31)8-7-20-17(2)27-23-15-21(28-30(23)18(20)3)22-6-5-14-29(22)16-19-9-12-25-13-10-19/h9-10,12-13,15,22H,4-8,11,14,16H2,1-3H3,(H,26,31). The third-order valence-electron chi connectivity index (χ3n) is 6.20. The molecule has 1 N–H and O–H groups in total. The zero-order valence-electron chi connectivity index (χ0n) is 18.8. The summed E-state index contributed by atoms with van der Waals surface area (Å²) in [4.78, 5) is 23.5. The first-order valence-electron chi connectivity index (χ1n) is 11.3. The van der Waals surface area contributed by atoms with E-state index in [9.17, 15) is 4.79 Å². The first-order valence-corrected chi connectivity index (χ1v) is 11.3. The van der Waals surface area contributed by atoms with Crippen LogP contribution >= 0.6 is 0 Å². The van der Waals surface area contributed by atoms with Gasteiger partial charge >= 0.3 is 0 Å². The van der Waals surface area contributed by atoms with Crippen molar-refractivity contribution in [3.63, 3.8) is 0 Å². The van der Waals surface area contributed by atoms with Crippen molar-refractivity contribution < 1.29 is 4.79 Å². The summed E-state index contributed by atoms with van der Waals surface area (Å²) >= 11 is 0. The molecule has 164 valence electrons. The maximum atomic E-state index is 12.1. The molecular weight excluding hydrogens is 388 g/mol. The second-order valence-electron chi connectivity index (χ2n) is 8.43. The minimum atomic E-state index is 0.0969. The first kappa shape index (κ1) is 21.4. The number of nitrogens with zero attached hydrogens (tertiary/aromatic N) is 5. The molecule has 0 bridgehead atoms. The number of hydrogen-bond acceptors (Lipinski definition) is 5. The molecule has 0 aromatic carbocycles. The van der Waals surface area contributed by atoms with E-state index in [4.69, 9.17) is 10.1 Å². The number of fused-ring (bicyclic) bond motifs is 1. The van der Waals surface area contributed by atoms with Crippen LogP contribution < -0.4 is 5.32 Å². The van der Waals surface area contributed by atoms with Crippen LogP contribution in [0, 0.1) is 13.8 Å². The highest BCUT2D eigenvalue weighted by atomic mass is 16.1. The Morgan fingerprint density at radius 2 is 2.06 bits per heavy atom. The van der Waals surface area contributed by atoms with Crippen molar-refractivity contribution in [1.29, 1.82) is 0 Å². The molecule has 4 rings (SSSR count). The molecule has 31 heavy (non-hydrogen) atoms. The van der Waals surface area contributed by atoms with Crippen molar-refractivity contribution in [1.82, 2.24) is 29.8 Å². The van der Waals surface area contributed by atoms with E-state index in [0.29, 0.717) is 18.9 Å². The molecule has 7 nitrogen and oxygen atoms in total. The van der Waals surface area contributed by atoms with Gasteiger partial charge in [-0.15, -0.1) is 0 Å².